The smallest absolute Gasteiger partial charge is 0.309 e. The van der Waals surface area contributed by atoms with Crippen LogP contribution >= 0.6 is 11.3 Å². The molecule has 0 atom stereocenters. The van der Waals surface area contributed by atoms with Gasteiger partial charge in [-0.3, -0.25) is 9.59 Å². The van der Waals surface area contributed by atoms with Crippen molar-refractivity contribution >= 4 is 23.2 Å². The minimum absolute atomic E-state index is 0.285. The van der Waals surface area contributed by atoms with Crippen LogP contribution in [0.2, 0.25) is 0 Å². The van der Waals surface area contributed by atoms with Crippen LogP contribution in [0.4, 0.5) is 4.39 Å². The van der Waals surface area contributed by atoms with Crippen molar-refractivity contribution in [2.75, 3.05) is 6.54 Å². The van der Waals surface area contributed by atoms with Gasteiger partial charge in [-0.25, -0.2) is 9.37 Å². The number of rotatable bonds is 4. The van der Waals surface area contributed by atoms with Crippen molar-refractivity contribution in [3.05, 3.63) is 41.2 Å². The van der Waals surface area contributed by atoms with Crippen LogP contribution in [0.15, 0.2) is 29.6 Å². The monoisotopic (exact) mass is 349 g/mol. The molecule has 0 saturated carbocycles. The Bertz CT molecular complexity index is 720. The third-order valence-electron chi connectivity index (χ3n) is 3.00. The molecule has 2 N–H and O–H groups in total. The lowest BCUT2D eigenvalue weighted by Gasteiger charge is -2.19. The van der Waals surface area contributed by atoms with Crippen molar-refractivity contribution in [1.82, 2.24) is 15.6 Å². The first kappa shape index (κ1) is 18.1. The molecule has 0 aliphatic carbocycles. The summed E-state index contributed by atoms with van der Waals surface area (Å²) in [6.45, 7) is 5.75. The number of thiazole rings is 1. The molecule has 0 fully saturated rings. The van der Waals surface area contributed by atoms with Crippen LogP contribution in [0.5, 0.6) is 0 Å². The zero-order valence-electron chi connectivity index (χ0n) is 13.9. The number of carbonyl (C=O) groups is 2. The van der Waals surface area contributed by atoms with Gasteiger partial charge in [-0.1, -0.05) is 0 Å². The van der Waals surface area contributed by atoms with E-state index in [4.69, 9.17) is 0 Å². The summed E-state index contributed by atoms with van der Waals surface area (Å²) in [5.74, 6) is -1.58. The van der Waals surface area contributed by atoms with E-state index in [0.29, 0.717) is 13.0 Å². The van der Waals surface area contributed by atoms with Gasteiger partial charge in [0.2, 0.25) is 0 Å². The van der Waals surface area contributed by atoms with E-state index in [-0.39, 0.29) is 5.82 Å². The number of halogens is 1. The predicted octanol–water partition coefficient (Wildman–Crippen LogP) is 2.52. The van der Waals surface area contributed by atoms with E-state index in [1.165, 1.54) is 23.5 Å². The maximum Gasteiger partial charge on any atom is 0.309 e. The molecular weight excluding hydrogens is 329 g/mol. The quantitative estimate of drug-likeness (QED) is 0.833. The third kappa shape index (κ3) is 5.42. The average Bonchev–Trinajstić information content (AvgIpc) is 2.95. The van der Waals surface area contributed by atoms with Crippen LogP contribution in [-0.2, 0) is 16.0 Å². The molecule has 0 radical (unpaired) electrons. The van der Waals surface area contributed by atoms with E-state index in [0.717, 1.165) is 16.3 Å². The van der Waals surface area contributed by atoms with Crippen molar-refractivity contribution in [2.24, 2.45) is 0 Å². The van der Waals surface area contributed by atoms with Crippen molar-refractivity contribution in [1.29, 1.82) is 0 Å². The standard InChI is InChI=1S/C17H20FN3O2S/c1-17(2,3)21-15(23)14(22)19-9-8-13-10-24-16(20-13)11-4-6-12(18)7-5-11/h4-7,10H,8-9H2,1-3H3,(H,19,22)(H,21,23). The predicted molar refractivity (Wildman–Crippen MR) is 92.1 cm³/mol. The molecule has 1 heterocycles. The molecule has 2 rings (SSSR count). The molecule has 0 bridgehead atoms. The largest absolute Gasteiger partial charge is 0.347 e. The van der Waals surface area contributed by atoms with Gasteiger partial charge in [0.1, 0.15) is 10.8 Å². The van der Waals surface area contributed by atoms with E-state index in [9.17, 15) is 14.0 Å². The third-order valence-corrected chi connectivity index (χ3v) is 3.94. The lowest BCUT2D eigenvalue weighted by atomic mass is 10.1. The second-order valence-corrected chi connectivity index (χ2v) is 7.22. The number of hydrogen-bond donors (Lipinski definition) is 2. The summed E-state index contributed by atoms with van der Waals surface area (Å²) in [5, 5.41) is 7.86. The van der Waals surface area contributed by atoms with E-state index in [1.54, 1.807) is 12.1 Å². The summed E-state index contributed by atoms with van der Waals surface area (Å²) in [5.41, 5.74) is 1.21. The Kier molecular flexibility index (Phi) is 5.66. The van der Waals surface area contributed by atoms with Gasteiger partial charge >= 0.3 is 11.8 Å². The SMILES string of the molecule is CC(C)(C)NC(=O)C(=O)NCCc1csc(-c2ccc(F)cc2)n1. The van der Waals surface area contributed by atoms with Crippen LogP contribution in [0.25, 0.3) is 10.6 Å². The van der Waals surface area contributed by atoms with Crippen LogP contribution in [0.1, 0.15) is 26.5 Å². The van der Waals surface area contributed by atoms with Crippen LogP contribution in [0.3, 0.4) is 0 Å². The number of aromatic nitrogens is 1. The molecule has 0 aliphatic heterocycles. The Morgan fingerprint density at radius 3 is 2.46 bits per heavy atom. The highest BCUT2D eigenvalue weighted by Gasteiger charge is 2.19. The van der Waals surface area contributed by atoms with Gasteiger partial charge in [0.05, 0.1) is 5.69 Å². The normalized spacial score (nSPS) is 11.2. The summed E-state index contributed by atoms with van der Waals surface area (Å²) in [6.07, 6.45) is 0.520. The average molecular weight is 349 g/mol. The number of carbonyl (C=O) groups excluding carboxylic acids is 2. The summed E-state index contributed by atoms with van der Waals surface area (Å²) >= 11 is 1.46. The van der Waals surface area contributed by atoms with Gasteiger partial charge in [0, 0.05) is 29.4 Å². The van der Waals surface area contributed by atoms with Crippen molar-refractivity contribution in [3.8, 4) is 10.6 Å². The maximum absolute atomic E-state index is 12.9. The van der Waals surface area contributed by atoms with Gasteiger partial charge in [0.15, 0.2) is 0 Å². The van der Waals surface area contributed by atoms with E-state index >= 15 is 0 Å². The molecule has 2 amide bonds. The zero-order chi connectivity index (χ0) is 17.7. The van der Waals surface area contributed by atoms with Crippen molar-refractivity contribution < 1.29 is 14.0 Å². The topological polar surface area (TPSA) is 71.1 Å². The molecule has 0 spiro atoms. The number of nitrogens with one attached hydrogen (secondary N) is 2. The highest BCUT2D eigenvalue weighted by molar-refractivity contribution is 7.13. The lowest BCUT2D eigenvalue weighted by molar-refractivity contribution is -0.140. The number of benzene rings is 1. The van der Waals surface area contributed by atoms with Crippen LogP contribution in [-0.4, -0.2) is 28.9 Å². The van der Waals surface area contributed by atoms with Crippen molar-refractivity contribution in [2.45, 2.75) is 32.7 Å². The first-order valence-corrected chi connectivity index (χ1v) is 8.43. The maximum atomic E-state index is 12.9. The summed E-state index contributed by atoms with van der Waals surface area (Å²) in [4.78, 5) is 27.8. The van der Waals surface area contributed by atoms with E-state index in [1.807, 2.05) is 26.2 Å². The number of amides is 2. The van der Waals surface area contributed by atoms with Gasteiger partial charge < -0.3 is 10.6 Å². The molecule has 7 heteroatoms. The Labute approximate surface area is 144 Å². The lowest BCUT2D eigenvalue weighted by Crippen LogP contribution is -2.48. The Morgan fingerprint density at radius 1 is 1.17 bits per heavy atom. The summed E-state index contributed by atoms with van der Waals surface area (Å²) < 4.78 is 12.9. The van der Waals surface area contributed by atoms with Crippen LogP contribution in [0, 0.1) is 5.82 Å². The molecular formula is C17H20FN3O2S. The van der Waals surface area contributed by atoms with E-state index < -0.39 is 17.4 Å². The first-order valence-electron chi connectivity index (χ1n) is 7.55. The molecule has 1 aromatic carbocycles. The molecule has 128 valence electrons. The first-order chi connectivity index (χ1) is 11.2. The Hall–Kier alpha value is -2.28. The molecule has 0 saturated heterocycles. The zero-order valence-corrected chi connectivity index (χ0v) is 14.7. The van der Waals surface area contributed by atoms with Crippen molar-refractivity contribution in [3.63, 3.8) is 0 Å². The summed E-state index contributed by atoms with van der Waals surface area (Å²) in [6, 6.07) is 6.14. The molecule has 1 aromatic heterocycles. The highest BCUT2D eigenvalue weighted by Crippen LogP contribution is 2.23. The van der Waals surface area contributed by atoms with Gasteiger partial charge in [-0.15, -0.1) is 11.3 Å². The van der Waals surface area contributed by atoms with Gasteiger partial charge in [-0.2, -0.15) is 0 Å². The second kappa shape index (κ2) is 7.53. The van der Waals surface area contributed by atoms with E-state index in [2.05, 4.69) is 15.6 Å². The number of hydrogen-bond acceptors (Lipinski definition) is 4. The minimum Gasteiger partial charge on any atom is -0.347 e. The molecule has 0 unspecified atom stereocenters. The highest BCUT2D eigenvalue weighted by atomic mass is 32.1. The van der Waals surface area contributed by atoms with Crippen LogP contribution < -0.4 is 10.6 Å². The number of nitrogens with zero attached hydrogens (tertiary/aromatic N) is 1. The van der Waals surface area contributed by atoms with Gasteiger partial charge in [-0.05, 0) is 45.0 Å². The molecule has 24 heavy (non-hydrogen) atoms. The minimum atomic E-state index is -0.654. The molecule has 0 aliphatic rings. The summed E-state index contributed by atoms with van der Waals surface area (Å²) in [7, 11) is 0. The Balaban J connectivity index is 1.84. The fourth-order valence-electron chi connectivity index (χ4n) is 1.93. The fraction of sp³-hybridized carbons (Fsp3) is 0.353. The fourth-order valence-corrected chi connectivity index (χ4v) is 2.79. The second-order valence-electron chi connectivity index (χ2n) is 6.36. The molecule has 2 aromatic rings. The van der Waals surface area contributed by atoms with Gasteiger partial charge in [0.25, 0.3) is 0 Å². The molecule has 5 nitrogen and oxygen atoms in total. The Morgan fingerprint density at radius 2 is 1.83 bits per heavy atom.